The van der Waals surface area contributed by atoms with Crippen LogP contribution in [-0.2, 0) is 0 Å². The highest BCUT2D eigenvalue weighted by Gasteiger charge is 2.28. The van der Waals surface area contributed by atoms with Crippen LogP contribution in [0.25, 0.3) is 0 Å². The lowest BCUT2D eigenvalue weighted by atomic mass is 10.0. The van der Waals surface area contributed by atoms with E-state index in [1.165, 1.54) is 19.4 Å². The molecule has 0 amide bonds. The second-order valence-electron chi connectivity index (χ2n) is 4.55. The number of nitrogens with zero attached hydrogens (tertiary/aromatic N) is 1. The number of aliphatic hydroxyl groups is 1. The third kappa shape index (κ3) is 2.68. The van der Waals surface area contributed by atoms with Gasteiger partial charge in [0.1, 0.15) is 0 Å². The first-order chi connectivity index (χ1) is 6.19. The maximum Gasteiger partial charge on any atom is 0.0471 e. The minimum atomic E-state index is 0.366. The Balaban J connectivity index is 2.43. The summed E-state index contributed by atoms with van der Waals surface area (Å²) in [5.41, 5.74) is 0. The molecule has 2 nitrogen and oxygen atoms in total. The molecule has 2 unspecified atom stereocenters. The van der Waals surface area contributed by atoms with Crippen molar-refractivity contribution in [3.05, 3.63) is 0 Å². The average molecular weight is 185 g/mol. The number of aliphatic hydroxyl groups excluding tert-OH is 1. The van der Waals surface area contributed by atoms with Crippen molar-refractivity contribution < 1.29 is 5.11 Å². The van der Waals surface area contributed by atoms with Gasteiger partial charge in [-0.15, -0.1) is 0 Å². The van der Waals surface area contributed by atoms with Crippen molar-refractivity contribution >= 4 is 0 Å². The second kappa shape index (κ2) is 4.97. The molecule has 0 radical (unpaired) electrons. The number of hydrogen-bond acceptors (Lipinski definition) is 2. The summed E-state index contributed by atoms with van der Waals surface area (Å²) < 4.78 is 0. The molecule has 2 atom stereocenters. The molecule has 0 aromatic rings. The Kier molecular flexibility index (Phi) is 4.20. The summed E-state index contributed by atoms with van der Waals surface area (Å²) in [4.78, 5) is 2.55. The van der Waals surface area contributed by atoms with Gasteiger partial charge in [-0.3, -0.25) is 4.90 Å². The van der Waals surface area contributed by atoms with Gasteiger partial charge in [0.05, 0.1) is 0 Å². The van der Waals surface area contributed by atoms with Crippen molar-refractivity contribution in [2.24, 2.45) is 11.8 Å². The van der Waals surface area contributed by atoms with Crippen molar-refractivity contribution in [1.29, 1.82) is 0 Å². The van der Waals surface area contributed by atoms with Crippen LogP contribution >= 0.6 is 0 Å². The summed E-state index contributed by atoms with van der Waals surface area (Å²) in [5, 5.41) is 9.05. The molecule has 78 valence electrons. The lowest BCUT2D eigenvalue weighted by molar-refractivity contribution is 0.164. The van der Waals surface area contributed by atoms with Gasteiger partial charge >= 0.3 is 0 Å². The van der Waals surface area contributed by atoms with Gasteiger partial charge in [0.15, 0.2) is 0 Å². The molecule has 0 aromatic heterocycles. The molecule has 0 aromatic carbocycles. The van der Waals surface area contributed by atoms with E-state index < -0.39 is 0 Å². The largest absolute Gasteiger partial charge is 0.396 e. The Labute approximate surface area is 81.9 Å². The SMILES string of the molecule is CCC(C(C)C)N1CCC(CO)C1. The quantitative estimate of drug-likeness (QED) is 0.721. The van der Waals surface area contributed by atoms with Crippen LogP contribution in [0.5, 0.6) is 0 Å². The van der Waals surface area contributed by atoms with Gasteiger partial charge in [-0.25, -0.2) is 0 Å². The van der Waals surface area contributed by atoms with Crippen molar-refractivity contribution in [1.82, 2.24) is 4.90 Å². The van der Waals surface area contributed by atoms with Crippen LogP contribution in [0.2, 0.25) is 0 Å². The van der Waals surface area contributed by atoms with Crippen molar-refractivity contribution in [2.75, 3.05) is 19.7 Å². The zero-order chi connectivity index (χ0) is 9.84. The van der Waals surface area contributed by atoms with Crippen LogP contribution in [0.15, 0.2) is 0 Å². The number of rotatable bonds is 4. The molecule has 1 aliphatic rings. The molecule has 1 saturated heterocycles. The fourth-order valence-corrected chi connectivity index (χ4v) is 2.46. The van der Waals surface area contributed by atoms with Gasteiger partial charge in [0.25, 0.3) is 0 Å². The zero-order valence-corrected chi connectivity index (χ0v) is 9.16. The monoisotopic (exact) mass is 185 g/mol. The van der Waals surface area contributed by atoms with Gasteiger partial charge in [-0.05, 0) is 31.2 Å². The molecule has 0 spiro atoms. The van der Waals surface area contributed by atoms with Gasteiger partial charge in [0.2, 0.25) is 0 Å². The molecular weight excluding hydrogens is 162 g/mol. The predicted molar refractivity (Wildman–Crippen MR) is 55.7 cm³/mol. The molecule has 0 aliphatic carbocycles. The predicted octanol–water partition coefficient (Wildman–Crippen LogP) is 1.74. The Morgan fingerprint density at radius 2 is 2.15 bits per heavy atom. The number of hydrogen-bond donors (Lipinski definition) is 1. The summed E-state index contributed by atoms with van der Waals surface area (Å²) in [7, 11) is 0. The van der Waals surface area contributed by atoms with Crippen LogP contribution in [0.1, 0.15) is 33.6 Å². The lowest BCUT2D eigenvalue weighted by Crippen LogP contribution is -2.37. The molecule has 13 heavy (non-hydrogen) atoms. The first kappa shape index (κ1) is 11.0. The maximum atomic E-state index is 9.05. The van der Waals surface area contributed by atoms with Crippen molar-refractivity contribution in [3.8, 4) is 0 Å². The highest BCUT2D eigenvalue weighted by Crippen LogP contribution is 2.23. The van der Waals surface area contributed by atoms with Gasteiger partial charge in [-0.2, -0.15) is 0 Å². The Hall–Kier alpha value is -0.0800. The Morgan fingerprint density at radius 3 is 2.54 bits per heavy atom. The van der Waals surface area contributed by atoms with Crippen LogP contribution in [0.4, 0.5) is 0 Å². The van der Waals surface area contributed by atoms with E-state index >= 15 is 0 Å². The normalized spacial score (nSPS) is 27.0. The van der Waals surface area contributed by atoms with E-state index in [1.807, 2.05) is 0 Å². The topological polar surface area (TPSA) is 23.5 Å². The lowest BCUT2D eigenvalue weighted by Gasteiger charge is -2.30. The van der Waals surface area contributed by atoms with E-state index in [0.29, 0.717) is 12.5 Å². The van der Waals surface area contributed by atoms with E-state index in [2.05, 4.69) is 25.7 Å². The summed E-state index contributed by atoms with van der Waals surface area (Å²) in [6.45, 7) is 9.50. The fraction of sp³-hybridized carbons (Fsp3) is 1.00. The molecule has 1 N–H and O–H groups in total. The summed E-state index contributed by atoms with van der Waals surface area (Å²) in [6.07, 6.45) is 2.41. The van der Waals surface area contributed by atoms with Crippen LogP contribution in [-0.4, -0.2) is 35.7 Å². The molecule has 2 heteroatoms. The smallest absolute Gasteiger partial charge is 0.0471 e. The molecular formula is C11H23NO. The minimum Gasteiger partial charge on any atom is -0.396 e. The third-order valence-electron chi connectivity index (χ3n) is 3.23. The van der Waals surface area contributed by atoms with Gasteiger partial charge in [-0.1, -0.05) is 20.8 Å². The summed E-state index contributed by atoms with van der Waals surface area (Å²) in [5.74, 6) is 1.27. The van der Waals surface area contributed by atoms with E-state index in [4.69, 9.17) is 5.11 Å². The second-order valence-corrected chi connectivity index (χ2v) is 4.55. The van der Waals surface area contributed by atoms with Crippen LogP contribution < -0.4 is 0 Å². The molecule has 1 fully saturated rings. The van der Waals surface area contributed by atoms with Gasteiger partial charge in [0, 0.05) is 19.2 Å². The van der Waals surface area contributed by atoms with Crippen molar-refractivity contribution in [2.45, 2.75) is 39.7 Å². The summed E-state index contributed by atoms with van der Waals surface area (Å²) >= 11 is 0. The third-order valence-corrected chi connectivity index (χ3v) is 3.23. The molecule has 1 aliphatic heterocycles. The number of likely N-dealkylation sites (tertiary alicyclic amines) is 1. The van der Waals surface area contributed by atoms with E-state index in [9.17, 15) is 0 Å². The van der Waals surface area contributed by atoms with Crippen molar-refractivity contribution in [3.63, 3.8) is 0 Å². The van der Waals surface area contributed by atoms with Crippen LogP contribution in [0.3, 0.4) is 0 Å². The Morgan fingerprint density at radius 1 is 1.46 bits per heavy atom. The highest BCUT2D eigenvalue weighted by molar-refractivity contribution is 4.82. The average Bonchev–Trinajstić information content (AvgIpc) is 2.53. The van der Waals surface area contributed by atoms with Crippen LogP contribution in [0, 0.1) is 11.8 Å². The van der Waals surface area contributed by atoms with E-state index in [1.54, 1.807) is 0 Å². The highest BCUT2D eigenvalue weighted by atomic mass is 16.3. The first-order valence-corrected chi connectivity index (χ1v) is 5.54. The molecule has 0 saturated carbocycles. The molecule has 1 rings (SSSR count). The standard InChI is InChI=1S/C11H23NO/c1-4-11(9(2)3)12-6-5-10(7-12)8-13/h9-11,13H,4-8H2,1-3H3. The Bertz CT molecular complexity index is 147. The van der Waals surface area contributed by atoms with Gasteiger partial charge < -0.3 is 5.11 Å². The molecule has 1 heterocycles. The van der Waals surface area contributed by atoms with E-state index in [0.717, 1.165) is 18.5 Å². The fourth-order valence-electron chi connectivity index (χ4n) is 2.46. The minimum absolute atomic E-state index is 0.366. The maximum absolute atomic E-state index is 9.05. The van der Waals surface area contributed by atoms with E-state index in [-0.39, 0.29) is 0 Å². The first-order valence-electron chi connectivity index (χ1n) is 5.54. The zero-order valence-electron chi connectivity index (χ0n) is 9.16. The molecule has 0 bridgehead atoms. The summed E-state index contributed by atoms with van der Waals surface area (Å²) in [6, 6.07) is 0.719.